The largest absolute Gasteiger partial charge is 0.484 e. The Hall–Kier alpha value is -2.96. The Morgan fingerprint density at radius 2 is 1.66 bits per heavy atom. The lowest BCUT2D eigenvalue weighted by molar-refractivity contribution is -0.118. The minimum atomic E-state index is -0.245. The molecule has 1 amide bonds. The second kappa shape index (κ2) is 9.03. The highest BCUT2D eigenvalue weighted by atomic mass is 79.9. The van der Waals surface area contributed by atoms with Crippen molar-refractivity contribution in [1.82, 2.24) is 4.98 Å². The van der Waals surface area contributed by atoms with E-state index >= 15 is 0 Å². The number of nitrogens with one attached hydrogen (secondary N) is 1. The molecule has 0 saturated carbocycles. The number of hydrogen-bond donors (Lipinski definition) is 1. The zero-order valence-electron chi connectivity index (χ0n) is 15.3. The number of ether oxygens (including phenoxy) is 1. The Morgan fingerprint density at radius 3 is 2.41 bits per heavy atom. The van der Waals surface area contributed by atoms with Gasteiger partial charge in [-0.1, -0.05) is 76.6 Å². The molecule has 29 heavy (non-hydrogen) atoms. The molecule has 4 aromatic rings. The molecule has 4 rings (SSSR count). The van der Waals surface area contributed by atoms with E-state index in [9.17, 15) is 4.79 Å². The molecule has 144 valence electrons. The normalized spacial score (nSPS) is 10.5. The van der Waals surface area contributed by atoms with Gasteiger partial charge in [0.2, 0.25) is 0 Å². The first-order valence-electron chi connectivity index (χ1n) is 8.97. The average molecular weight is 465 g/mol. The monoisotopic (exact) mass is 464 g/mol. The number of rotatable bonds is 6. The number of benzene rings is 3. The van der Waals surface area contributed by atoms with Crippen LogP contribution in [0.1, 0.15) is 0 Å². The van der Waals surface area contributed by atoms with E-state index in [1.165, 1.54) is 16.9 Å². The molecule has 0 atom stereocenters. The first-order chi connectivity index (χ1) is 14.2. The van der Waals surface area contributed by atoms with E-state index in [1.54, 1.807) is 6.07 Å². The molecule has 6 heteroatoms. The molecule has 1 aromatic heterocycles. The topological polar surface area (TPSA) is 51.2 Å². The van der Waals surface area contributed by atoms with E-state index in [2.05, 4.69) is 50.5 Å². The van der Waals surface area contributed by atoms with Crippen LogP contribution in [0.15, 0.2) is 88.7 Å². The molecule has 0 spiro atoms. The van der Waals surface area contributed by atoms with Crippen molar-refractivity contribution in [1.29, 1.82) is 0 Å². The minimum absolute atomic E-state index is 0.0723. The minimum Gasteiger partial charge on any atom is -0.484 e. The third-order valence-corrected chi connectivity index (χ3v) is 5.46. The van der Waals surface area contributed by atoms with Crippen LogP contribution in [0, 0.1) is 0 Å². The van der Waals surface area contributed by atoms with Crippen molar-refractivity contribution in [3.05, 3.63) is 88.7 Å². The molecule has 1 N–H and O–H groups in total. The highest BCUT2D eigenvalue weighted by molar-refractivity contribution is 9.10. The maximum absolute atomic E-state index is 12.1. The van der Waals surface area contributed by atoms with Crippen LogP contribution in [0.25, 0.3) is 22.4 Å². The number of amides is 1. The Bertz CT molecular complexity index is 1110. The van der Waals surface area contributed by atoms with Gasteiger partial charge in [-0.2, -0.15) is 0 Å². The van der Waals surface area contributed by atoms with Crippen molar-refractivity contribution in [2.24, 2.45) is 0 Å². The third-order valence-electron chi connectivity index (χ3n) is 4.20. The van der Waals surface area contributed by atoms with Crippen molar-refractivity contribution in [3.8, 4) is 28.1 Å². The van der Waals surface area contributed by atoms with Gasteiger partial charge in [-0.15, -0.1) is 11.3 Å². The van der Waals surface area contributed by atoms with Crippen LogP contribution < -0.4 is 10.1 Å². The summed E-state index contributed by atoms with van der Waals surface area (Å²) in [5.74, 6) is 0.387. The van der Waals surface area contributed by atoms with Crippen LogP contribution in [0.4, 0.5) is 5.13 Å². The number of hydrogen-bond acceptors (Lipinski definition) is 4. The van der Waals surface area contributed by atoms with Crippen molar-refractivity contribution in [2.75, 3.05) is 11.9 Å². The first-order valence-corrected chi connectivity index (χ1v) is 10.6. The number of carbonyl (C=O) groups excluding carboxylic acids is 1. The highest BCUT2D eigenvalue weighted by Crippen LogP contribution is 2.27. The predicted octanol–water partition coefficient (Wildman–Crippen LogP) is 6.26. The summed E-state index contributed by atoms with van der Waals surface area (Å²) in [6.45, 7) is -0.0723. The molecule has 4 nitrogen and oxygen atoms in total. The summed E-state index contributed by atoms with van der Waals surface area (Å²) in [5, 5.41) is 5.27. The maximum atomic E-state index is 12.1. The van der Waals surface area contributed by atoms with Gasteiger partial charge in [0, 0.05) is 15.4 Å². The fourth-order valence-corrected chi connectivity index (χ4v) is 3.90. The Balaban J connectivity index is 1.37. The van der Waals surface area contributed by atoms with Gasteiger partial charge < -0.3 is 4.74 Å². The molecule has 0 unspecified atom stereocenters. The number of carbonyl (C=O) groups is 1. The van der Waals surface area contributed by atoms with Crippen molar-refractivity contribution in [2.45, 2.75) is 0 Å². The number of thiazole rings is 1. The summed E-state index contributed by atoms with van der Waals surface area (Å²) < 4.78 is 6.40. The molecule has 0 fully saturated rings. The lowest BCUT2D eigenvalue weighted by atomic mass is 10.0. The molecule has 0 bridgehead atoms. The van der Waals surface area contributed by atoms with Gasteiger partial charge in [-0.3, -0.25) is 10.1 Å². The Labute approximate surface area is 181 Å². The lowest BCUT2D eigenvalue weighted by Crippen LogP contribution is -2.20. The van der Waals surface area contributed by atoms with Gasteiger partial charge in [0.25, 0.3) is 5.91 Å². The summed E-state index contributed by atoms with van der Waals surface area (Å²) >= 11 is 4.77. The summed E-state index contributed by atoms with van der Waals surface area (Å²) in [6, 6.07) is 25.8. The van der Waals surface area contributed by atoms with Crippen LogP contribution in [-0.4, -0.2) is 17.5 Å². The molecule has 0 aliphatic carbocycles. The van der Waals surface area contributed by atoms with Crippen molar-refractivity contribution < 1.29 is 9.53 Å². The fraction of sp³-hybridized carbons (Fsp3) is 0.0435. The smallest absolute Gasteiger partial charge is 0.264 e. The zero-order valence-corrected chi connectivity index (χ0v) is 17.7. The second-order valence-electron chi connectivity index (χ2n) is 6.28. The van der Waals surface area contributed by atoms with Crippen LogP contribution in [0.3, 0.4) is 0 Å². The van der Waals surface area contributed by atoms with E-state index in [0.717, 1.165) is 21.3 Å². The Morgan fingerprint density at radius 1 is 0.931 bits per heavy atom. The summed E-state index contributed by atoms with van der Waals surface area (Å²) in [6.07, 6.45) is 0. The van der Waals surface area contributed by atoms with Crippen LogP contribution in [0.5, 0.6) is 5.75 Å². The van der Waals surface area contributed by atoms with Crippen molar-refractivity contribution in [3.63, 3.8) is 0 Å². The maximum Gasteiger partial charge on any atom is 0.264 e. The van der Waals surface area contributed by atoms with Gasteiger partial charge in [-0.05, 0) is 29.3 Å². The third kappa shape index (κ3) is 5.10. The molecule has 3 aromatic carbocycles. The van der Waals surface area contributed by atoms with E-state index in [4.69, 9.17) is 4.74 Å². The standard InChI is InChI=1S/C23H17BrN2O2S/c24-19-7-4-8-20(13-19)28-14-22(27)26-23-25-21(15-29-23)18-11-9-17(10-12-18)16-5-2-1-3-6-16/h1-13,15H,14H2,(H,25,26,27). The fourth-order valence-electron chi connectivity index (χ4n) is 2.79. The van der Waals surface area contributed by atoms with Gasteiger partial charge in [0.05, 0.1) is 5.69 Å². The van der Waals surface area contributed by atoms with Gasteiger partial charge >= 0.3 is 0 Å². The number of aromatic nitrogens is 1. The molecular formula is C23H17BrN2O2S. The molecule has 0 aliphatic rings. The summed E-state index contributed by atoms with van der Waals surface area (Å²) in [5.41, 5.74) is 4.17. The van der Waals surface area contributed by atoms with Gasteiger partial charge in [0.15, 0.2) is 11.7 Å². The summed E-state index contributed by atoms with van der Waals surface area (Å²) in [7, 11) is 0. The lowest BCUT2D eigenvalue weighted by Gasteiger charge is -2.06. The predicted molar refractivity (Wildman–Crippen MR) is 121 cm³/mol. The average Bonchev–Trinajstić information content (AvgIpc) is 3.21. The molecule has 0 radical (unpaired) electrons. The van der Waals surface area contributed by atoms with E-state index in [1.807, 2.05) is 53.9 Å². The molecule has 1 heterocycles. The highest BCUT2D eigenvalue weighted by Gasteiger charge is 2.09. The molecule has 0 saturated heterocycles. The van der Waals surface area contributed by atoms with Crippen LogP contribution >= 0.6 is 27.3 Å². The molecule has 0 aliphatic heterocycles. The first kappa shape index (κ1) is 19.4. The van der Waals surface area contributed by atoms with Gasteiger partial charge in [-0.25, -0.2) is 4.98 Å². The van der Waals surface area contributed by atoms with E-state index in [-0.39, 0.29) is 12.5 Å². The van der Waals surface area contributed by atoms with Crippen molar-refractivity contribution >= 4 is 38.3 Å². The van der Waals surface area contributed by atoms with E-state index < -0.39 is 0 Å². The SMILES string of the molecule is O=C(COc1cccc(Br)c1)Nc1nc(-c2ccc(-c3ccccc3)cc2)cs1. The Kier molecular flexibility index (Phi) is 6.03. The van der Waals surface area contributed by atoms with Gasteiger partial charge in [0.1, 0.15) is 5.75 Å². The quantitative estimate of drug-likeness (QED) is 0.366. The van der Waals surface area contributed by atoms with Crippen LogP contribution in [-0.2, 0) is 4.79 Å². The number of anilines is 1. The number of halogens is 1. The second-order valence-corrected chi connectivity index (χ2v) is 8.05. The zero-order chi connectivity index (χ0) is 20.1. The molecular weight excluding hydrogens is 448 g/mol. The summed E-state index contributed by atoms with van der Waals surface area (Å²) in [4.78, 5) is 16.7. The number of nitrogens with zero attached hydrogens (tertiary/aromatic N) is 1. The van der Waals surface area contributed by atoms with E-state index in [0.29, 0.717) is 10.9 Å². The van der Waals surface area contributed by atoms with Crippen LogP contribution in [0.2, 0.25) is 0 Å².